The standard InChI is InChI=1S/C26H24BrClN4O4/c1-15-10-22(36-14-16-6-5-7-17(11-16)35-4)23(27)24(33)32(15)21-12-20(30-13-18(21)28)19-8-9-29-25(31-19)26(2,3)34/h5-13,34H,14H2,1-4H3. The maximum absolute atomic E-state index is 13.4. The molecule has 1 aromatic carbocycles. The Kier molecular flexibility index (Phi) is 7.44. The highest BCUT2D eigenvalue weighted by atomic mass is 79.9. The van der Waals surface area contributed by atoms with Gasteiger partial charge in [-0.1, -0.05) is 23.7 Å². The van der Waals surface area contributed by atoms with Gasteiger partial charge in [-0.3, -0.25) is 14.3 Å². The second-order valence-corrected chi connectivity index (χ2v) is 9.79. The first kappa shape index (κ1) is 25.8. The monoisotopic (exact) mass is 570 g/mol. The van der Waals surface area contributed by atoms with E-state index in [1.807, 2.05) is 24.3 Å². The van der Waals surface area contributed by atoms with Crippen LogP contribution in [0.15, 0.2) is 64.1 Å². The summed E-state index contributed by atoms with van der Waals surface area (Å²) in [6, 6.07) is 12.6. The Labute approximate surface area is 221 Å². The summed E-state index contributed by atoms with van der Waals surface area (Å²) >= 11 is 9.87. The molecule has 0 aliphatic rings. The second kappa shape index (κ2) is 10.4. The van der Waals surface area contributed by atoms with E-state index in [2.05, 4.69) is 30.9 Å². The van der Waals surface area contributed by atoms with E-state index in [1.54, 1.807) is 52.3 Å². The predicted octanol–water partition coefficient (Wildman–Crippen LogP) is 5.23. The number of rotatable bonds is 7. The summed E-state index contributed by atoms with van der Waals surface area (Å²) in [5, 5.41) is 10.6. The lowest BCUT2D eigenvalue weighted by Crippen LogP contribution is -2.22. The number of pyridine rings is 2. The maximum atomic E-state index is 13.4. The molecule has 1 N–H and O–H groups in total. The van der Waals surface area contributed by atoms with Gasteiger partial charge in [-0.05, 0) is 66.5 Å². The van der Waals surface area contributed by atoms with Crippen LogP contribution in [0, 0.1) is 6.92 Å². The molecular weight excluding hydrogens is 548 g/mol. The van der Waals surface area contributed by atoms with Gasteiger partial charge in [-0.15, -0.1) is 0 Å². The molecule has 0 spiro atoms. The molecule has 4 aromatic rings. The fourth-order valence-electron chi connectivity index (χ4n) is 3.54. The van der Waals surface area contributed by atoms with Crippen LogP contribution >= 0.6 is 27.5 Å². The van der Waals surface area contributed by atoms with Crippen LogP contribution in [-0.4, -0.2) is 31.7 Å². The fourth-order valence-corrected chi connectivity index (χ4v) is 4.14. The summed E-state index contributed by atoms with van der Waals surface area (Å²) in [6.45, 7) is 5.26. The van der Waals surface area contributed by atoms with Crippen LogP contribution in [0.1, 0.15) is 30.9 Å². The van der Waals surface area contributed by atoms with Crippen LogP contribution < -0.4 is 15.0 Å². The van der Waals surface area contributed by atoms with E-state index in [1.165, 1.54) is 10.8 Å². The molecule has 3 aromatic heterocycles. The fraction of sp³-hybridized carbons (Fsp3) is 0.231. The molecule has 0 unspecified atom stereocenters. The number of aromatic nitrogens is 4. The summed E-state index contributed by atoms with van der Waals surface area (Å²) in [5.41, 5.74) is 1.36. The van der Waals surface area contributed by atoms with Gasteiger partial charge >= 0.3 is 0 Å². The summed E-state index contributed by atoms with van der Waals surface area (Å²) in [7, 11) is 1.60. The van der Waals surface area contributed by atoms with Gasteiger partial charge in [0.15, 0.2) is 5.82 Å². The van der Waals surface area contributed by atoms with Gasteiger partial charge in [0.2, 0.25) is 0 Å². The Morgan fingerprint density at radius 3 is 2.64 bits per heavy atom. The van der Waals surface area contributed by atoms with Crippen LogP contribution in [0.3, 0.4) is 0 Å². The van der Waals surface area contributed by atoms with E-state index in [4.69, 9.17) is 21.1 Å². The number of ether oxygens (including phenoxy) is 2. The molecule has 4 rings (SSSR count). The van der Waals surface area contributed by atoms with Crippen LogP contribution in [0.5, 0.6) is 11.5 Å². The van der Waals surface area contributed by atoms with Crippen molar-refractivity contribution in [2.24, 2.45) is 0 Å². The highest BCUT2D eigenvalue weighted by Gasteiger charge is 2.21. The lowest BCUT2D eigenvalue weighted by Gasteiger charge is -2.17. The van der Waals surface area contributed by atoms with Crippen molar-refractivity contribution in [2.75, 3.05) is 7.11 Å². The Morgan fingerprint density at radius 2 is 1.92 bits per heavy atom. The first-order chi connectivity index (χ1) is 17.1. The lowest BCUT2D eigenvalue weighted by atomic mass is 10.1. The third-order valence-electron chi connectivity index (χ3n) is 5.37. The van der Waals surface area contributed by atoms with Crippen molar-refractivity contribution in [3.05, 3.63) is 91.8 Å². The molecule has 186 valence electrons. The van der Waals surface area contributed by atoms with Gasteiger partial charge in [-0.25, -0.2) is 9.97 Å². The number of aliphatic hydroxyl groups is 1. The van der Waals surface area contributed by atoms with Crippen LogP contribution in [0.2, 0.25) is 5.02 Å². The molecule has 0 radical (unpaired) electrons. The number of hydrogen-bond acceptors (Lipinski definition) is 7. The number of halogens is 2. The summed E-state index contributed by atoms with van der Waals surface area (Å²) in [6.07, 6.45) is 3.01. The molecule has 10 heteroatoms. The molecule has 0 saturated heterocycles. The topological polar surface area (TPSA) is 99.4 Å². The predicted molar refractivity (Wildman–Crippen MR) is 141 cm³/mol. The van der Waals surface area contributed by atoms with Crippen molar-refractivity contribution in [1.29, 1.82) is 0 Å². The molecule has 8 nitrogen and oxygen atoms in total. The lowest BCUT2D eigenvalue weighted by molar-refractivity contribution is 0.0688. The first-order valence-corrected chi connectivity index (χ1v) is 12.2. The molecular formula is C26H24BrClN4O4. The van der Waals surface area contributed by atoms with Crippen molar-refractivity contribution < 1.29 is 14.6 Å². The average molecular weight is 572 g/mol. The van der Waals surface area contributed by atoms with Gasteiger partial charge in [0.1, 0.15) is 28.2 Å². The van der Waals surface area contributed by atoms with Crippen LogP contribution in [0.25, 0.3) is 17.1 Å². The summed E-state index contributed by atoms with van der Waals surface area (Å²) < 4.78 is 12.9. The molecule has 0 fully saturated rings. The van der Waals surface area contributed by atoms with Crippen molar-refractivity contribution >= 4 is 27.5 Å². The van der Waals surface area contributed by atoms with E-state index in [-0.39, 0.29) is 27.5 Å². The molecule has 0 aliphatic carbocycles. The zero-order valence-electron chi connectivity index (χ0n) is 20.1. The van der Waals surface area contributed by atoms with Gasteiger partial charge in [-0.2, -0.15) is 0 Å². The number of aryl methyl sites for hydroxylation is 1. The van der Waals surface area contributed by atoms with E-state index >= 15 is 0 Å². The molecule has 36 heavy (non-hydrogen) atoms. The van der Waals surface area contributed by atoms with Gasteiger partial charge in [0.05, 0.1) is 29.2 Å². The zero-order valence-corrected chi connectivity index (χ0v) is 22.5. The summed E-state index contributed by atoms with van der Waals surface area (Å²) in [5.74, 6) is 1.39. The van der Waals surface area contributed by atoms with Crippen molar-refractivity contribution in [3.63, 3.8) is 0 Å². The Balaban J connectivity index is 1.71. The quantitative estimate of drug-likeness (QED) is 0.324. The second-order valence-electron chi connectivity index (χ2n) is 8.59. The number of methoxy groups -OCH3 is 1. The molecule has 0 aliphatic heterocycles. The molecule has 0 amide bonds. The van der Waals surface area contributed by atoms with Crippen LogP contribution in [-0.2, 0) is 12.2 Å². The van der Waals surface area contributed by atoms with E-state index in [9.17, 15) is 9.90 Å². The largest absolute Gasteiger partial charge is 0.497 e. The van der Waals surface area contributed by atoms with E-state index in [0.29, 0.717) is 28.5 Å². The smallest absolute Gasteiger partial charge is 0.273 e. The van der Waals surface area contributed by atoms with Crippen LogP contribution in [0.4, 0.5) is 0 Å². The minimum absolute atomic E-state index is 0.256. The highest BCUT2D eigenvalue weighted by Crippen LogP contribution is 2.29. The third-order valence-corrected chi connectivity index (χ3v) is 6.39. The average Bonchev–Trinajstić information content (AvgIpc) is 2.86. The van der Waals surface area contributed by atoms with E-state index in [0.717, 1.165) is 11.3 Å². The Hall–Kier alpha value is -3.27. The molecule has 0 atom stereocenters. The van der Waals surface area contributed by atoms with Crippen molar-refractivity contribution in [3.8, 4) is 28.6 Å². The number of hydrogen-bond donors (Lipinski definition) is 1. The van der Waals surface area contributed by atoms with Crippen molar-refractivity contribution in [2.45, 2.75) is 33.0 Å². The molecule has 0 bridgehead atoms. The minimum Gasteiger partial charge on any atom is -0.497 e. The Bertz CT molecular complexity index is 1480. The third kappa shape index (κ3) is 5.43. The number of benzene rings is 1. The Morgan fingerprint density at radius 1 is 1.14 bits per heavy atom. The SMILES string of the molecule is COc1cccc(COc2cc(C)n(-c3cc(-c4ccnc(C(C)(C)O)n4)ncc3Cl)c(=O)c2Br)c1. The molecule has 0 saturated carbocycles. The van der Waals surface area contributed by atoms with Gasteiger partial charge < -0.3 is 14.6 Å². The maximum Gasteiger partial charge on any atom is 0.273 e. The summed E-state index contributed by atoms with van der Waals surface area (Å²) in [4.78, 5) is 26.3. The van der Waals surface area contributed by atoms with Gasteiger partial charge in [0, 0.05) is 24.2 Å². The number of nitrogens with zero attached hydrogens (tertiary/aromatic N) is 4. The first-order valence-electron chi connectivity index (χ1n) is 11.0. The van der Waals surface area contributed by atoms with E-state index < -0.39 is 5.60 Å². The minimum atomic E-state index is -1.22. The molecule has 3 heterocycles. The normalized spacial score (nSPS) is 11.4. The zero-order chi connectivity index (χ0) is 26.0. The highest BCUT2D eigenvalue weighted by molar-refractivity contribution is 9.10. The van der Waals surface area contributed by atoms with Gasteiger partial charge in [0.25, 0.3) is 5.56 Å². The van der Waals surface area contributed by atoms with Crippen molar-refractivity contribution in [1.82, 2.24) is 19.5 Å².